The summed E-state index contributed by atoms with van der Waals surface area (Å²) < 4.78 is 69.7. The number of alkyl halides is 5. The average molecular weight is 431 g/mol. The second-order valence-electron chi connectivity index (χ2n) is 6.37. The molecule has 0 radical (unpaired) electrons. The molecule has 0 aliphatic heterocycles. The van der Waals surface area contributed by atoms with Crippen molar-refractivity contribution in [1.29, 1.82) is 0 Å². The number of aldehydes is 1. The molecule has 1 aliphatic carbocycles. The van der Waals surface area contributed by atoms with E-state index >= 15 is 0 Å². The van der Waals surface area contributed by atoms with Gasteiger partial charge in [-0.1, -0.05) is 6.07 Å². The van der Waals surface area contributed by atoms with Crippen LogP contribution < -0.4 is 10.1 Å². The van der Waals surface area contributed by atoms with E-state index in [-0.39, 0.29) is 17.4 Å². The van der Waals surface area contributed by atoms with Crippen molar-refractivity contribution in [1.82, 2.24) is 5.32 Å². The zero-order chi connectivity index (χ0) is 22.5. The molecule has 0 spiro atoms. The third kappa shape index (κ3) is 5.68. The van der Waals surface area contributed by atoms with E-state index in [1.165, 1.54) is 7.05 Å². The second-order valence-corrected chi connectivity index (χ2v) is 6.37. The Bertz CT molecular complexity index is 915. The molecule has 0 aromatic heterocycles. The third-order valence-corrected chi connectivity index (χ3v) is 4.42. The van der Waals surface area contributed by atoms with Gasteiger partial charge in [-0.15, -0.1) is 0 Å². The molecule has 0 fully saturated rings. The minimum absolute atomic E-state index is 0.157. The summed E-state index contributed by atoms with van der Waals surface area (Å²) in [7, 11) is 1.35. The van der Waals surface area contributed by atoms with Crippen molar-refractivity contribution in [2.24, 2.45) is 0 Å². The van der Waals surface area contributed by atoms with E-state index in [0.717, 1.165) is 23.5 Å². The Labute approximate surface area is 168 Å². The van der Waals surface area contributed by atoms with Gasteiger partial charge in [0.2, 0.25) is 0 Å². The minimum atomic E-state index is -4.70. The van der Waals surface area contributed by atoms with Crippen LogP contribution in [0.4, 0.5) is 26.7 Å². The van der Waals surface area contributed by atoms with Gasteiger partial charge in [0.15, 0.2) is 0 Å². The van der Waals surface area contributed by atoms with Gasteiger partial charge in [-0.05, 0) is 53.8 Å². The zero-order valence-corrected chi connectivity index (χ0v) is 15.7. The number of rotatable bonds is 5. The van der Waals surface area contributed by atoms with Crippen LogP contribution in [0.1, 0.15) is 41.0 Å². The Balaban J connectivity index is 0.000000575. The molecule has 0 saturated carbocycles. The molecule has 1 amide bonds. The van der Waals surface area contributed by atoms with Crippen LogP contribution in [0.25, 0.3) is 0 Å². The summed E-state index contributed by atoms with van der Waals surface area (Å²) >= 11 is 0. The van der Waals surface area contributed by atoms with Gasteiger partial charge in [0.25, 0.3) is 6.43 Å². The molecule has 30 heavy (non-hydrogen) atoms. The fourth-order valence-corrected chi connectivity index (χ4v) is 2.91. The first-order valence-electron chi connectivity index (χ1n) is 8.71. The number of fused-ring (bicyclic) bond motifs is 1. The lowest BCUT2D eigenvalue weighted by Crippen LogP contribution is -2.17. The summed E-state index contributed by atoms with van der Waals surface area (Å²) in [5.74, 6) is 0.112. The van der Waals surface area contributed by atoms with Gasteiger partial charge in [-0.25, -0.2) is 13.6 Å². The van der Waals surface area contributed by atoms with E-state index in [4.69, 9.17) is 9.84 Å². The second kappa shape index (κ2) is 9.55. The molecular formula is C20H18F5NO4. The summed E-state index contributed by atoms with van der Waals surface area (Å²) in [6, 6.07) is 6.98. The number of halogens is 5. The smallest absolute Gasteiger partial charge is 0.416 e. The molecule has 0 heterocycles. The minimum Gasteiger partial charge on any atom is -0.465 e. The van der Waals surface area contributed by atoms with Crippen LogP contribution in [0.3, 0.4) is 0 Å². The van der Waals surface area contributed by atoms with Crippen molar-refractivity contribution in [3.05, 3.63) is 58.7 Å². The predicted molar refractivity (Wildman–Crippen MR) is 97.1 cm³/mol. The Kier molecular flexibility index (Phi) is 7.36. The van der Waals surface area contributed by atoms with E-state index < -0.39 is 29.8 Å². The van der Waals surface area contributed by atoms with Gasteiger partial charge in [0.05, 0.1) is 11.1 Å². The van der Waals surface area contributed by atoms with Crippen LogP contribution in [0.2, 0.25) is 0 Å². The lowest BCUT2D eigenvalue weighted by atomic mass is 9.76. The van der Waals surface area contributed by atoms with Gasteiger partial charge >= 0.3 is 12.3 Å². The first-order chi connectivity index (χ1) is 14.1. The first kappa shape index (κ1) is 23.1. The fourth-order valence-electron chi connectivity index (χ4n) is 2.91. The van der Waals surface area contributed by atoms with Gasteiger partial charge in [-0.2, -0.15) is 13.2 Å². The number of nitrogens with one attached hydrogen (secondary N) is 1. The Morgan fingerprint density at radius 2 is 1.93 bits per heavy atom. The number of ether oxygens (including phenoxy) is 1. The molecule has 2 aromatic carbocycles. The molecule has 3 rings (SSSR count). The SMILES string of the molecule is CNC(=O)O.O=CCC1Cc2cc(Oc3ccc(C(F)(F)F)cc3C(F)F)ccc21. The molecule has 1 atom stereocenters. The summed E-state index contributed by atoms with van der Waals surface area (Å²) in [5.41, 5.74) is -0.0174. The number of benzene rings is 2. The maximum absolute atomic E-state index is 13.1. The van der Waals surface area contributed by atoms with E-state index in [2.05, 4.69) is 0 Å². The molecule has 5 nitrogen and oxygen atoms in total. The van der Waals surface area contributed by atoms with Crippen LogP contribution in [-0.2, 0) is 17.4 Å². The molecule has 0 bridgehead atoms. The topological polar surface area (TPSA) is 75.6 Å². The number of amides is 1. The maximum atomic E-state index is 13.1. The average Bonchev–Trinajstić information content (AvgIpc) is 2.66. The monoisotopic (exact) mass is 431 g/mol. The molecule has 10 heteroatoms. The van der Waals surface area contributed by atoms with Crippen molar-refractivity contribution < 1.29 is 41.4 Å². The highest BCUT2D eigenvalue weighted by Gasteiger charge is 2.32. The van der Waals surface area contributed by atoms with E-state index in [1.807, 2.05) is 5.32 Å². The quantitative estimate of drug-likeness (QED) is 0.481. The number of carbonyl (C=O) groups is 2. The van der Waals surface area contributed by atoms with Crippen LogP contribution in [0.5, 0.6) is 11.5 Å². The maximum Gasteiger partial charge on any atom is 0.416 e. The van der Waals surface area contributed by atoms with Crippen LogP contribution in [0, 0.1) is 0 Å². The first-order valence-corrected chi connectivity index (χ1v) is 8.71. The van der Waals surface area contributed by atoms with Crippen molar-refractivity contribution in [3.8, 4) is 11.5 Å². The standard InChI is InChI=1S/C18H13F5O2.C2H5NO2/c19-17(20)15-9-12(18(21,22)23)1-4-16(15)25-13-2-3-14-10(5-6-24)7-11(14)8-13;1-3-2(4)5/h1-4,6,8-10,17H,5,7H2;3H,1H3,(H,4,5). The van der Waals surface area contributed by atoms with Gasteiger partial charge in [0, 0.05) is 13.5 Å². The molecule has 1 aliphatic rings. The highest BCUT2D eigenvalue weighted by Crippen LogP contribution is 2.41. The largest absolute Gasteiger partial charge is 0.465 e. The molecule has 0 saturated heterocycles. The molecule has 1 unspecified atom stereocenters. The molecule has 2 aromatic rings. The predicted octanol–water partition coefficient (Wildman–Crippen LogP) is 5.55. The lowest BCUT2D eigenvalue weighted by Gasteiger charge is -2.29. The molecular weight excluding hydrogens is 413 g/mol. The van der Waals surface area contributed by atoms with Gasteiger partial charge < -0.3 is 20.0 Å². The summed E-state index contributed by atoms with van der Waals surface area (Å²) in [4.78, 5) is 19.8. The Morgan fingerprint density at radius 1 is 1.27 bits per heavy atom. The summed E-state index contributed by atoms with van der Waals surface area (Å²) in [6.07, 6.45) is -6.85. The highest BCUT2D eigenvalue weighted by molar-refractivity contribution is 5.63. The normalized spacial score (nSPS) is 14.7. The number of hydrogen-bond acceptors (Lipinski definition) is 3. The Morgan fingerprint density at radius 3 is 2.43 bits per heavy atom. The zero-order valence-electron chi connectivity index (χ0n) is 15.7. The lowest BCUT2D eigenvalue weighted by molar-refractivity contribution is -0.137. The Hall–Kier alpha value is -3.17. The molecule has 162 valence electrons. The van der Waals surface area contributed by atoms with E-state index in [9.17, 15) is 31.5 Å². The van der Waals surface area contributed by atoms with Gasteiger partial charge in [-0.3, -0.25) is 0 Å². The van der Waals surface area contributed by atoms with Crippen molar-refractivity contribution in [2.45, 2.75) is 31.4 Å². The van der Waals surface area contributed by atoms with Gasteiger partial charge in [0.1, 0.15) is 17.8 Å². The summed E-state index contributed by atoms with van der Waals surface area (Å²) in [5, 5.41) is 9.56. The van der Waals surface area contributed by atoms with Crippen LogP contribution in [0.15, 0.2) is 36.4 Å². The van der Waals surface area contributed by atoms with E-state index in [1.54, 1.807) is 18.2 Å². The molecule has 2 N–H and O–H groups in total. The summed E-state index contributed by atoms with van der Waals surface area (Å²) in [6.45, 7) is 0. The van der Waals surface area contributed by atoms with Crippen molar-refractivity contribution >= 4 is 12.4 Å². The van der Waals surface area contributed by atoms with Crippen LogP contribution >= 0.6 is 0 Å². The third-order valence-electron chi connectivity index (χ3n) is 4.42. The fraction of sp³-hybridized carbons (Fsp3) is 0.300. The van der Waals surface area contributed by atoms with Crippen molar-refractivity contribution in [3.63, 3.8) is 0 Å². The number of carbonyl (C=O) groups excluding carboxylic acids is 1. The number of carboxylic acid groups (broad SMARTS) is 1. The number of hydrogen-bond donors (Lipinski definition) is 2. The van der Waals surface area contributed by atoms with E-state index in [0.29, 0.717) is 25.0 Å². The highest BCUT2D eigenvalue weighted by atomic mass is 19.4. The van der Waals surface area contributed by atoms with Crippen molar-refractivity contribution in [2.75, 3.05) is 7.05 Å². The van der Waals surface area contributed by atoms with Crippen LogP contribution in [-0.4, -0.2) is 24.5 Å².